The molecule has 130 valence electrons. The highest BCUT2D eigenvalue weighted by atomic mass is 32.1. The Morgan fingerprint density at radius 3 is 2.96 bits per heavy atom. The molecule has 0 saturated carbocycles. The first-order valence-corrected chi connectivity index (χ1v) is 8.98. The molecule has 26 heavy (non-hydrogen) atoms. The lowest BCUT2D eigenvalue weighted by Crippen LogP contribution is -2.23. The summed E-state index contributed by atoms with van der Waals surface area (Å²) in [6.07, 6.45) is 4.82. The van der Waals surface area contributed by atoms with Crippen LogP contribution in [0.4, 0.5) is 0 Å². The van der Waals surface area contributed by atoms with E-state index in [0.717, 1.165) is 0 Å². The molecule has 0 aliphatic rings. The summed E-state index contributed by atoms with van der Waals surface area (Å²) in [5.74, 6) is 0. The summed E-state index contributed by atoms with van der Waals surface area (Å²) in [5.41, 5.74) is 1.18. The summed E-state index contributed by atoms with van der Waals surface area (Å²) in [7, 11) is 0. The fourth-order valence-corrected chi connectivity index (χ4v) is 4.05. The van der Waals surface area contributed by atoms with Crippen LogP contribution in [0.1, 0.15) is 5.69 Å². The van der Waals surface area contributed by atoms with Gasteiger partial charge in [-0.1, -0.05) is 23.5 Å². The zero-order valence-corrected chi connectivity index (χ0v) is 15.2. The molecular weight excluding hydrogens is 370 g/mol. The van der Waals surface area contributed by atoms with E-state index in [1.165, 1.54) is 32.7 Å². The van der Waals surface area contributed by atoms with E-state index in [1.807, 2.05) is 0 Å². The molecule has 0 aromatic carbocycles. The average Bonchev–Trinajstić information content (AvgIpc) is 2.95. The lowest BCUT2D eigenvalue weighted by molar-refractivity contribution is 0.722. The summed E-state index contributed by atoms with van der Waals surface area (Å²) in [6.45, 7) is 4.36. The topological polar surface area (TPSA) is 74.2 Å². The van der Waals surface area contributed by atoms with Gasteiger partial charge in [-0.15, -0.1) is 6.58 Å². The Balaban J connectivity index is 1.82. The third kappa shape index (κ3) is 2.71. The lowest BCUT2D eigenvalue weighted by Gasteiger charge is -2.07. The zero-order valence-electron chi connectivity index (χ0n) is 13.5. The molecule has 7 nitrogen and oxygen atoms in total. The molecular formula is C17H13N5O2S2. The van der Waals surface area contributed by atoms with E-state index in [4.69, 9.17) is 12.2 Å². The molecule has 0 aliphatic carbocycles. The first kappa shape index (κ1) is 16.6. The van der Waals surface area contributed by atoms with Gasteiger partial charge in [0, 0.05) is 18.8 Å². The Morgan fingerprint density at radius 2 is 2.15 bits per heavy atom. The second-order valence-corrected chi connectivity index (χ2v) is 7.26. The van der Waals surface area contributed by atoms with Crippen molar-refractivity contribution in [3.05, 3.63) is 79.8 Å². The van der Waals surface area contributed by atoms with Crippen molar-refractivity contribution in [2.45, 2.75) is 13.1 Å². The fraction of sp³-hybridized carbons (Fsp3) is 0.118. The number of rotatable bonds is 4. The number of allylic oxidation sites excluding steroid dienone is 1. The minimum absolute atomic E-state index is 0.161. The van der Waals surface area contributed by atoms with E-state index in [2.05, 4.69) is 16.5 Å². The van der Waals surface area contributed by atoms with Crippen LogP contribution in [-0.4, -0.2) is 23.5 Å². The van der Waals surface area contributed by atoms with E-state index in [1.54, 1.807) is 35.0 Å². The minimum Gasteiger partial charge on any atom is -0.304 e. The molecule has 0 saturated heterocycles. The Bertz CT molecular complexity index is 1330. The number of pyridine rings is 1. The van der Waals surface area contributed by atoms with Gasteiger partial charge in [-0.2, -0.15) is 0 Å². The van der Waals surface area contributed by atoms with E-state index >= 15 is 0 Å². The molecule has 0 atom stereocenters. The highest BCUT2D eigenvalue weighted by Gasteiger charge is 2.12. The first-order chi connectivity index (χ1) is 12.6. The van der Waals surface area contributed by atoms with Crippen molar-refractivity contribution < 1.29 is 0 Å². The minimum atomic E-state index is -0.205. The largest absolute Gasteiger partial charge is 0.304 e. The summed E-state index contributed by atoms with van der Waals surface area (Å²) in [5, 5.41) is 0. The number of aromatic nitrogens is 5. The van der Waals surface area contributed by atoms with E-state index < -0.39 is 0 Å². The van der Waals surface area contributed by atoms with Crippen LogP contribution in [0.5, 0.6) is 0 Å². The summed E-state index contributed by atoms with van der Waals surface area (Å²) < 4.78 is 5.72. The molecule has 0 N–H and O–H groups in total. The molecule has 0 aliphatic heterocycles. The Kier molecular flexibility index (Phi) is 4.09. The van der Waals surface area contributed by atoms with Gasteiger partial charge in [-0.05, 0) is 24.4 Å². The van der Waals surface area contributed by atoms with Gasteiger partial charge >= 0.3 is 0 Å². The standard InChI is InChI=1S/C17H13N5O2S2/c1-2-6-22-15-14(26-17(22)25)16(24)20(10-18-15)9-11-8-13(23)21-7-4-3-5-12(21)19-11/h2-5,7-8,10H,1,6,9H2. The number of hydrogen-bond donors (Lipinski definition) is 0. The molecule has 4 heterocycles. The second-order valence-electron chi connectivity index (χ2n) is 5.61. The summed E-state index contributed by atoms with van der Waals surface area (Å²) in [4.78, 5) is 33.8. The number of hydrogen-bond acceptors (Lipinski definition) is 6. The van der Waals surface area contributed by atoms with Crippen molar-refractivity contribution in [2.75, 3.05) is 0 Å². The maximum absolute atomic E-state index is 12.8. The predicted octanol–water partition coefficient (Wildman–Crippen LogP) is 2.23. The van der Waals surface area contributed by atoms with Gasteiger partial charge in [-0.3, -0.25) is 18.6 Å². The van der Waals surface area contributed by atoms with Crippen LogP contribution < -0.4 is 11.1 Å². The van der Waals surface area contributed by atoms with Gasteiger partial charge in [-0.25, -0.2) is 9.97 Å². The van der Waals surface area contributed by atoms with Crippen LogP contribution >= 0.6 is 23.6 Å². The molecule has 0 spiro atoms. The van der Waals surface area contributed by atoms with Crippen LogP contribution in [0.25, 0.3) is 16.0 Å². The molecule has 0 radical (unpaired) electrons. The third-order valence-corrected chi connectivity index (χ3v) is 5.34. The summed E-state index contributed by atoms with van der Waals surface area (Å²) in [6, 6.07) is 6.74. The van der Waals surface area contributed by atoms with E-state index in [9.17, 15) is 9.59 Å². The van der Waals surface area contributed by atoms with Crippen molar-refractivity contribution in [1.29, 1.82) is 0 Å². The maximum Gasteiger partial charge on any atom is 0.273 e. The average molecular weight is 383 g/mol. The molecule has 4 rings (SSSR count). The molecule has 9 heteroatoms. The molecule has 4 aromatic heterocycles. The van der Waals surface area contributed by atoms with E-state index in [-0.39, 0.29) is 17.7 Å². The van der Waals surface area contributed by atoms with Crippen molar-refractivity contribution in [3.8, 4) is 0 Å². The molecule has 0 fully saturated rings. The smallest absolute Gasteiger partial charge is 0.273 e. The van der Waals surface area contributed by atoms with Gasteiger partial charge in [0.05, 0.1) is 12.2 Å². The molecule has 0 bridgehead atoms. The van der Waals surface area contributed by atoms with Crippen molar-refractivity contribution in [2.24, 2.45) is 0 Å². The zero-order chi connectivity index (χ0) is 18.3. The highest BCUT2D eigenvalue weighted by Crippen LogP contribution is 2.17. The maximum atomic E-state index is 12.8. The van der Waals surface area contributed by atoms with Gasteiger partial charge in [0.25, 0.3) is 11.1 Å². The Hall–Kier alpha value is -2.91. The van der Waals surface area contributed by atoms with Crippen LogP contribution in [0.15, 0.2) is 59.0 Å². The molecule has 0 unspecified atom stereocenters. The van der Waals surface area contributed by atoms with Crippen LogP contribution in [0.3, 0.4) is 0 Å². The fourth-order valence-electron chi connectivity index (χ4n) is 2.73. The van der Waals surface area contributed by atoms with Gasteiger partial charge in [0.1, 0.15) is 16.7 Å². The predicted molar refractivity (Wildman–Crippen MR) is 103 cm³/mol. The highest BCUT2D eigenvalue weighted by molar-refractivity contribution is 7.73. The summed E-state index contributed by atoms with van der Waals surface area (Å²) >= 11 is 6.53. The van der Waals surface area contributed by atoms with E-state index in [0.29, 0.717) is 32.2 Å². The van der Waals surface area contributed by atoms with Gasteiger partial charge < -0.3 is 4.57 Å². The van der Waals surface area contributed by atoms with Crippen molar-refractivity contribution in [1.82, 2.24) is 23.5 Å². The molecule has 4 aromatic rings. The Morgan fingerprint density at radius 1 is 1.31 bits per heavy atom. The van der Waals surface area contributed by atoms with Crippen molar-refractivity contribution >= 4 is 39.5 Å². The SMILES string of the molecule is C=CCn1c(=S)sc2c(=O)n(Cc3cc(=O)n4ccccc4n3)cnc21. The Labute approximate surface area is 156 Å². The van der Waals surface area contributed by atoms with Crippen molar-refractivity contribution in [3.63, 3.8) is 0 Å². The van der Waals surface area contributed by atoms with Gasteiger partial charge in [0.2, 0.25) is 0 Å². The number of thiazole rings is 1. The normalized spacial score (nSPS) is 11.2. The van der Waals surface area contributed by atoms with Crippen LogP contribution in [0, 0.1) is 3.95 Å². The first-order valence-electron chi connectivity index (χ1n) is 7.75. The quantitative estimate of drug-likeness (QED) is 0.399. The number of nitrogens with zero attached hydrogens (tertiary/aromatic N) is 5. The van der Waals surface area contributed by atoms with Crippen LogP contribution in [0.2, 0.25) is 0 Å². The third-order valence-electron chi connectivity index (χ3n) is 3.91. The number of fused-ring (bicyclic) bond motifs is 2. The molecule has 0 amide bonds. The van der Waals surface area contributed by atoms with Crippen LogP contribution in [-0.2, 0) is 13.1 Å². The second kappa shape index (κ2) is 6.43. The van der Waals surface area contributed by atoms with Gasteiger partial charge in [0.15, 0.2) is 9.60 Å². The lowest BCUT2D eigenvalue weighted by atomic mass is 10.3. The monoisotopic (exact) mass is 383 g/mol.